The van der Waals surface area contributed by atoms with Gasteiger partial charge < -0.3 is 14.8 Å². The van der Waals surface area contributed by atoms with Crippen LogP contribution in [0.15, 0.2) is 65.6 Å². The maximum Gasteiger partial charge on any atom is 0.230 e. The molecule has 1 atom stereocenters. The maximum absolute atomic E-state index is 12.4. The highest BCUT2D eigenvalue weighted by Gasteiger charge is 2.13. The predicted octanol–water partition coefficient (Wildman–Crippen LogP) is 4.97. The van der Waals surface area contributed by atoms with Gasteiger partial charge in [0.25, 0.3) is 0 Å². The van der Waals surface area contributed by atoms with E-state index in [1.807, 2.05) is 37.3 Å². The lowest BCUT2D eigenvalue weighted by Gasteiger charge is -2.15. The van der Waals surface area contributed by atoms with Gasteiger partial charge >= 0.3 is 0 Å². The standard InChI is InChI=1S/C23H23NO3S/c1-16(18-8-7-17-5-2-3-6-19(17)13-18)24-23(25)15-28-20-9-10-21-22(14-20)27-12-4-11-26-21/h2-3,5-10,13-14,16H,4,11-12,15H2,1H3,(H,24,25)/t16-/m0/s1. The van der Waals surface area contributed by atoms with Crippen molar-refractivity contribution in [1.82, 2.24) is 5.32 Å². The van der Waals surface area contributed by atoms with Crippen LogP contribution >= 0.6 is 11.8 Å². The highest BCUT2D eigenvalue weighted by atomic mass is 32.2. The summed E-state index contributed by atoms with van der Waals surface area (Å²) in [5.41, 5.74) is 1.10. The van der Waals surface area contributed by atoms with E-state index in [1.165, 1.54) is 22.5 Å². The van der Waals surface area contributed by atoms with Gasteiger partial charge in [-0.25, -0.2) is 0 Å². The van der Waals surface area contributed by atoms with Crippen molar-refractivity contribution in [3.63, 3.8) is 0 Å². The number of benzene rings is 3. The zero-order valence-electron chi connectivity index (χ0n) is 15.8. The van der Waals surface area contributed by atoms with E-state index in [-0.39, 0.29) is 11.9 Å². The number of hydrogen-bond acceptors (Lipinski definition) is 4. The molecule has 5 heteroatoms. The number of hydrogen-bond donors (Lipinski definition) is 1. The Morgan fingerprint density at radius 3 is 2.64 bits per heavy atom. The topological polar surface area (TPSA) is 47.6 Å². The molecule has 3 aromatic carbocycles. The van der Waals surface area contributed by atoms with Crippen LogP contribution in [0.1, 0.15) is 24.9 Å². The Labute approximate surface area is 169 Å². The second kappa shape index (κ2) is 8.57. The Balaban J connectivity index is 1.35. The molecule has 1 aliphatic heterocycles. The van der Waals surface area contributed by atoms with Gasteiger partial charge in [0.2, 0.25) is 5.91 Å². The SMILES string of the molecule is C[C@H](NC(=O)CSc1ccc2c(c1)OCCCO2)c1ccc2ccccc2c1. The van der Waals surface area contributed by atoms with E-state index in [2.05, 4.69) is 35.6 Å². The number of thioether (sulfide) groups is 1. The highest BCUT2D eigenvalue weighted by molar-refractivity contribution is 8.00. The molecule has 0 aliphatic carbocycles. The molecule has 0 radical (unpaired) electrons. The van der Waals surface area contributed by atoms with Gasteiger partial charge in [0.15, 0.2) is 11.5 Å². The number of ether oxygens (including phenoxy) is 2. The molecule has 1 N–H and O–H groups in total. The summed E-state index contributed by atoms with van der Waals surface area (Å²) < 4.78 is 11.4. The monoisotopic (exact) mass is 393 g/mol. The number of carbonyl (C=O) groups excluding carboxylic acids is 1. The van der Waals surface area contributed by atoms with Crippen LogP contribution in [0.2, 0.25) is 0 Å². The molecular formula is C23H23NO3S. The summed E-state index contributed by atoms with van der Waals surface area (Å²) in [6.07, 6.45) is 0.881. The molecule has 1 amide bonds. The number of rotatable bonds is 5. The summed E-state index contributed by atoms with van der Waals surface area (Å²) in [7, 11) is 0. The van der Waals surface area contributed by atoms with Crippen LogP contribution in [-0.2, 0) is 4.79 Å². The number of nitrogens with one attached hydrogen (secondary N) is 1. The lowest BCUT2D eigenvalue weighted by atomic mass is 10.0. The number of fused-ring (bicyclic) bond motifs is 2. The molecule has 1 aliphatic rings. The van der Waals surface area contributed by atoms with E-state index >= 15 is 0 Å². The first kappa shape index (κ1) is 18.7. The third-order valence-electron chi connectivity index (χ3n) is 4.74. The second-order valence-electron chi connectivity index (χ2n) is 6.84. The summed E-state index contributed by atoms with van der Waals surface area (Å²) in [6, 6.07) is 20.3. The molecule has 4 nitrogen and oxygen atoms in total. The molecule has 0 aromatic heterocycles. The fraction of sp³-hybridized carbons (Fsp3) is 0.261. The van der Waals surface area contributed by atoms with Crippen molar-refractivity contribution in [1.29, 1.82) is 0 Å². The third kappa shape index (κ3) is 4.42. The Morgan fingerprint density at radius 2 is 1.79 bits per heavy atom. The normalized spacial score (nSPS) is 14.3. The van der Waals surface area contributed by atoms with Gasteiger partial charge in [0, 0.05) is 11.3 Å². The lowest BCUT2D eigenvalue weighted by Crippen LogP contribution is -2.28. The fourth-order valence-electron chi connectivity index (χ4n) is 3.23. The average molecular weight is 394 g/mol. The Hall–Kier alpha value is -2.66. The van der Waals surface area contributed by atoms with E-state index in [9.17, 15) is 4.79 Å². The zero-order chi connectivity index (χ0) is 19.3. The van der Waals surface area contributed by atoms with Crippen molar-refractivity contribution in [3.8, 4) is 11.5 Å². The van der Waals surface area contributed by atoms with Crippen molar-refractivity contribution in [2.45, 2.75) is 24.3 Å². The van der Waals surface area contributed by atoms with Crippen molar-refractivity contribution >= 4 is 28.4 Å². The van der Waals surface area contributed by atoms with Crippen LogP contribution in [-0.4, -0.2) is 24.9 Å². The zero-order valence-corrected chi connectivity index (χ0v) is 16.6. The van der Waals surface area contributed by atoms with Gasteiger partial charge in [-0.1, -0.05) is 36.4 Å². The van der Waals surface area contributed by atoms with Crippen molar-refractivity contribution < 1.29 is 14.3 Å². The van der Waals surface area contributed by atoms with Gasteiger partial charge in [-0.3, -0.25) is 4.79 Å². The Kier molecular flexibility index (Phi) is 5.72. The summed E-state index contributed by atoms with van der Waals surface area (Å²) >= 11 is 1.50. The predicted molar refractivity (Wildman–Crippen MR) is 113 cm³/mol. The van der Waals surface area contributed by atoms with Crippen LogP contribution in [0.5, 0.6) is 11.5 Å². The summed E-state index contributed by atoms with van der Waals surface area (Å²) in [4.78, 5) is 13.4. The quantitative estimate of drug-likeness (QED) is 0.622. The van der Waals surface area contributed by atoms with Gasteiger partial charge in [-0.2, -0.15) is 0 Å². The second-order valence-corrected chi connectivity index (χ2v) is 7.89. The van der Waals surface area contributed by atoms with E-state index in [1.54, 1.807) is 0 Å². The minimum absolute atomic E-state index is 0.0118. The molecule has 0 unspecified atom stereocenters. The number of carbonyl (C=O) groups is 1. The molecule has 144 valence electrons. The summed E-state index contributed by atoms with van der Waals surface area (Å²) in [5, 5.41) is 5.47. The molecule has 1 heterocycles. The first-order valence-corrected chi connectivity index (χ1v) is 10.5. The van der Waals surface area contributed by atoms with Crippen LogP contribution in [0.4, 0.5) is 0 Å². The molecule has 28 heavy (non-hydrogen) atoms. The maximum atomic E-state index is 12.4. The molecule has 0 saturated carbocycles. The first-order valence-electron chi connectivity index (χ1n) is 9.49. The van der Waals surface area contributed by atoms with E-state index < -0.39 is 0 Å². The van der Waals surface area contributed by atoms with Crippen molar-refractivity contribution in [2.24, 2.45) is 0 Å². The molecule has 0 fully saturated rings. The molecule has 3 aromatic rings. The van der Waals surface area contributed by atoms with Crippen molar-refractivity contribution in [3.05, 3.63) is 66.2 Å². The van der Waals surface area contributed by atoms with Gasteiger partial charge in [0.05, 0.1) is 25.0 Å². The molecular weight excluding hydrogens is 370 g/mol. The molecule has 0 bridgehead atoms. The molecule has 0 saturated heterocycles. The van der Waals surface area contributed by atoms with Gasteiger partial charge in [-0.15, -0.1) is 11.8 Å². The van der Waals surface area contributed by atoms with E-state index in [0.29, 0.717) is 19.0 Å². The van der Waals surface area contributed by atoms with Gasteiger partial charge in [-0.05, 0) is 47.5 Å². The molecule has 0 spiro atoms. The summed E-state index contributed by atoms with van der Waals surface area (Å²) in [6.45, 7) is 3.35. The van der Waals surface area contributed by atoms with Gasteiger partial charge in [0.1, 0.15) is 0 Å². The lowest BCUT2D eigenvalue weighted by molar-refractivity contribution is -0.119. The van der Waals surface area contributed by atoms with Crippen LogP contribution in [0.25, 0.3) is 10.8 Å². The van der Waals surface area contributed by atoms with E-state index in [0.717, 1.165) is 28.4 Å². The third-order valence-corrected chi connectivity index (χ3v) is 5.73. The Morgan fingerprint density at radius 1 is 1.00 bits per heavy atom. The average Bonchev–Trinajstić information content (AvgIpc) is 2.97. The first-order chi connectivity index (χ1) is 13.7. The smallest absolute Gasteiger partial charge is 0.230 e. The van der Waals surface area contributed by atoms with Crippen LogP contribution in [0, 0.1) is 0 Å². The summed E-state index contributed by atoms with van der Waals surface area (Å²) in [5.74, 6) is 1.90. The highest BCUT2D eigenvalue weighted by Crippen LogP contribution is 2.33. The minimum Gasteiger partial charge on any atom is -0.490 e. The van der Waals surface area contributed by atoms with Crippen LogP contribution in [0.3, 0.4) is 0 Å². The molecule has 4 rings (SSSR count). The largest absolute Gasteiger partial charge is 0.490 e. The Bertz CT molecular complexity index is 988. The van der Waals surface area contributed by atoms with E-state index in [4.69, 9.17) is 9.47 Å². The fourth-order valence-corrected chi connectivity index (χ4v) is 3.96. The van der Waals surface area contributed by atoms with Crippen LogP contribution < -0.4 is 14.8 Å². The minimum atomic E-state index is -0.0403. The number of amides is 1. The van der Waals surface area contributed by atoms with Crippen molar-refractivity contribution in [2.75, 3.05) is 19.0 Å².